The maximum Gasteiger partial charge on any atom is 0.314 e. The highest BCUT2D eigenvalue weighted by Crippen LogP contribution is 2.26. The number of urea groups is 1. The second-order valence-corrected chi connectivity index (χ2v) is 7.42. The third-order valence-corrected chi connectivity index (χ3v) is 5.60. The summed E-state index contributed by atoms with van der Waals surface area (Å²) in [6, 6.07) is 8.18. The van der Waals surface area contributed by atoms with Crippen molar-refractivity contribution in [3.05, 3.63) is 29.3 Å². The number of hydrogen-bond acceptors (Lipinski definition) is 3. The summed E-state index contributed by atoms with van der Waals surface area (Å²) in [7, 11) is 0. The van der Waals surface area contributed by atoms with Gasteiger partial charge in [0.1, 0.15) is 0 Å². The Morgan fingerprint density at radius 1 is 1.17 bits per heavy atom. The van der Waals surface area contributed by atoms with Gasteiger partial charge in [-0.2, -0.15) is 0 Å². The number of rotatable bonds is 7. The molecule has 0 aliphatic heterocycles. The molecule has 2 aromatic rings. The highest BCUT2D eigenvalue weighted by Gasteiger charge is 2.14. The quantitative estimate of drug-likeness (QED) is 0.750. The Balaban J connectivity index is 1.29. The third kappa shape index (κ3) is 4.93. The van der Waals surface area contributed by atoms with Crippen LogP contribution < -0.4 is 10.6 Å². The molecule has 1 aliphatic rings. The van der Waals surface area contributed by atoms with Crippen molar-refractivity contribution in [2.45, 2.75) is 44.9 Å². The van der Waals surface area contributed by atoms with Gasteiger partial charge in [-0.25, -0.2) is 9.78 Å². The maximum absolute atomic E-state index is 11.7. The molecular formula is C18H25N3OS. The van der Waals surface area contributed by atoms with Crippen LogP contribution >= 0.6 is 11.3 Å². The summed E-state index contributed by atoms with van der Waals surface area (Å²) in [5.41, 5.74) is 1.07. The fraction of sp³-hybridized carbons (Fsp3) is 0.556. The molecule has 3 rings (SSSR count). The third-order valence-electron chi connectivity index (χ3n) is 4.50. The summed E-state index contributed by atoms with van der Waals surface area (Å²) in [5.74, 6) is 0.828. The molecule has 1 fully saturated rings. The van der Waals surface area contributed by atoms with Crippen LogP contribution in [0.5, 0.6) is 0 Å². The van der Waals surface area contributed by atoms with E-state index in [4.69, 9.17) is 0 Å². The van der Waals surface area contributed by atoms with Gasteiger partial charge in [0.2, 0.25) is 0 Å². The molecule has 2 amide bonds. The smallest absolute Gasteiger partial charge is 0.314 e. The minimum Gasteiger partial charge on any atom is -0.338 e. The summed E-state index contributed by atoms with van der Waals surface area (Å²) in [6.07, 6.45) is 8.37. The van der Waals surface area contributed by atoms with Gasteiger partial charge in [-0.15, -0.1) is 11.3 Å². The number of hydrogen-bond donors (Lipinski definition) is 2. The zero-order valence-corrected chi connectivity index (χ0v) is 14.3. The summed E-state index contributed by atoms with van der Waals surface area (Å²) >= 11 is 1.74. The number of thiazole rings is 1. The Bertz CT molecular complexity index is 601. The van der Waals surface area contributed by atoms with E-state index in [9.17, 15) is 4.79 Å². The summed E-state index contributed by atoms with van der Waals surface area (Å²) in [6.45, 7) is 1.50. The average Bonchev–Trinajstić information content (AvgIpc) is 3.20. The average molecular weight is 331 g/mol. The van der Waals surface area contributed by atoms with Crippen LogP contribution in [0.4, 0.5) is 4.79 Å². The molecule has 0 radical (unpaired) electrons. The van der Waals surface area contributed by atoms with Gasteiger partial charge in [0.15, 0.2) is 0 Å². The first-order chi connectivity index (χ1) is 11.3. The van der Waals surface area contributed by atoms with Gasteiger partial charge in [0, 0.05) is 19.5 Å². The van der Waals surface area contributed by atoms with Gasteiger partial charge in [0.05, 0.1) is 15.2 Å². The van der Waals surface area contributed by atoms with Crippen molar-refractivity contribution in [2.75, 3.05) is 13.1 Å². The second kappa shape index (κ2) is 8.29. The van der Waals surface area contributed by atoms with Crippen LogP contribution in [0, 0.1) is 5.92 Å². The SMILES string of the molecule is O=C(NCCCc1nc2ccccc2s1)NCCC1CCCC1. The van der Waals surface area contributed by atoms with Gasteiger partial charge in [0.25, 0.3) is 0 Å². The molecule has 0 saturated heterocycles. The standard InChI is InChI=1S/C18H25N3OS/c22-18(20-13-11-14-6-1-2-7-14)19-12-5-10-17-21-15-8-3-4-9-16(15)23-17/h3-4,8-9,14H,1-2,5-7,10-13H2,(H2,19,20,22). The molecule has 0 bridgehead atoms. The van der Waals surface area contributed by atoms with Gasteiger partial charge < -0.3 is 10.6 Å². The molecule has 1 saturated carbocycles. The largest absolute Gasteiger partial charge is 0.338 e. The lowest BCUT2D eigenvalue weighted by Crippen LogP contribution is -2.37. The van der Waals surface area contributed by atoms with E-state index >= 15 is 0 Å². The Morgan fingerprint density at radius 3 is 2.78 bits per heavy atom. The van der Waals surface area contributed by atoms with Crippen LogP contribution in [0.2, 0.25) is 0 Å². The molecule has 1 aromatic heterocycles. The number of nitrogens with zero attached hydrogens (tertiary/aromatic N) is 1. The fourth-order valence-electron chi connectivity index (χ4n) is 3.22. The van der Waals surface area contributed by atoms with Crippen molar-refractivity contribution in [2.24, 2.45) is 5.92 Å². The zero-order valence-electron chi connectivity index (χ0n) is 13.5. The van der Waals surface area contributed by atoms with Crippen molar-refractivity contribution in [1.29, 1.82) is 0 Å². The first-order valence-corrected chi connectivity index (χ1v) is 9.49. The molecule has 1 aliphatic carbocycles. The molecule has 1 aromatic carbocycles. The van der Waals surface area contributed by atoms with Gasteiger partial charge >= 0.3 is 6.03 Å². The number of carbonyl (C=O) groups is 1. The summed E-state index contributed by atoms with van der Waals surface area (Å²) in [5, 5.41) is 7.05. The van der Waals surface area contributed by atoms with Gasteiger partial charge in [-0.3, -0.25) is 0 Å². The van der Waals surface area contributed by atoms with E-state index in [2.05, 4.69) is 21.7 Å². The number of benzene rings is 1. The topological polar surface area (TPSA) is 54.0 Å². The molecular weight excluding hydrogens is 306 g/mol. The molecule has 5 heteroatoms. The number of amides is 2. The Kier molecular flexibility index (Phi) is 5.86. The molecule has 4 nitrogen and oxygen atoms in total. The van der Waals surface area contributed by atoms with Crippen LogP contribution in [0.3, 0.4) is 0 Å². The Labute approximate surface area is 141 Å². The van der Waals surface area contributed by atoms with E-state index in [0.717, 1.165) is 42.2 Å². The number of nitrogens with one attached hydrogen (secondary N) is 2. The van der Waals surface area contributed by atoms with Crippen LogP contribution in [0.15, 0.2) is 24.3 Å². The minimum atomic E-state index is -0.0349. The lowest BCUT2D eigenvalue weighted by Gasteiger charge is -2.10. The number of carbonyl (C=O) groups excluding carboxylic acids is 1. The van der Waals surface area contributed by atoms with Crippen molar-refractivity contribution < 1.29 is 4.79 Å². The summed E-state index contributed by atoms with van der Waals surface area (Å²) < 4.78 is 1.24. The monoisotopic (exact) mass is 331 g/mol. The van der Waals surface area contributed by atoms with Crippen LogP contribution in [-0.4, -0.2) is 24.1 Å². The molecule has 0 unspecified atom stereocenters. The lowest BCUT2D eigenvalue weighted by molar-refractivity contribution is 0.240. The lowest BCUT2D eigenvalue weighted by atomic mass is 10.0. The van der Waals surface area contributed by atoms with Crippen molar-refractivity contribution in [1.82, 2.24) is 15.6 Å². The highest BCUT2D eigenvalue weighted by atomic mass is 32.1. The van der Waals surface area contributed by atoms with E-state index in [1.165, 1.54) is 30.4 Å². The van der Waals surface area contributed by atoms with E-state index in [1.54, 1.807) is 11.3 Å². The predicted molar refractivity (Wildman–Crippen MR) is 95.9 cm³/mol. The number of para-hydroxylation sites is 1. The van der Waals surface area contributed by atoms with E-state index in [0.29, 0.717) is 6.54 Å². The van der Waals surface area contributed by atoms with Crippen molar-refractivity contribution >= 4 is 27.6 Å². The molecule has 0 spiro atoms. The van der Waals surface area contributed by atoms with E-state index < -0.39 is 0 Å². The molecule has 0 atom stereocenters. The molecule has 2 N–H and O–H groups in total. The van der Waals surface area contributed by atoms with Crippen molar-refractivity contribution in [3.8, 4) is 0 Å². The number of aryl methyl sites for hydroxylation is 1. The number of fused-ring (bicyclic) bond motifs is 1. The molecule has 23 heavy (non-hydrogen) atoms. The first-order valence-electron chi connectivity index (χ1n) is 8.67. The Morgan fingerprint density at radius 2 is 1.96 bits per heavy atom. The maximum atomic E-state index is 11.7. The van der Waals surface area contributed by atoms with Gasteiger partial charge in [-0.05, 0) is 30.9 Å². The first kappa shape index (κ1) is 16.2. The second-order valence-electron chi connectivity index (χ2n) is 6.30. The molecule has 124 valence electrons. The molecule has 1 heterocycles. The zero-order chi connectivity index (χ0) is 15.9. The predicted octanol–water partition coefficient (Wildman–Crippen LogP) is 4.11. The fourth-order valence-corrected chi connectivity index (χ4v) is 4.23. The van der Waals surface area contributed by atoms with Crippen molar-refractivity contribution in [3.63, 3.8) is 0 Å². The highest BCUT2D eigenvalue weighted by molar-refractivity contribution is 7.18. The Hall–Kier alpha value is -1.62. The van der Waals surface area contributed by atoms with E-state index in [1.807, 2.05) is 18.2 Å². The van der Waals surface area contributed by atoms with Crippen LogP contribution in [-0.2, 0) is 6.42 Å². The van der Waals surface area contributed by atoms with Crippen LogP contribution in [0.1, 0.15) is 43.5 Å². The normalized spacial score (nSPS) is 15.1. The van der Waals surface area contributed by atoms with Crippen LogP contribution in [0.25, 0.3) is 10.2 Å². The van der Waals surface area contributed by atoms with E-state index in [-0.39, 0.29) is 6.03 Å². The summed E-state index contributed by atoms with van der Waals surface area (Å²) in [4.78, 5) is 16.3. The number of aromatic nitrogens is 1. The minimum absolute atomic E-state index is 0.0349. The van der Waals surface area contributed by atoms with Gasteiger partial charge in [-0.1, -0.05) is 37.8 Å².